The average molecular weight is 282 g/mol. The number of nitrogens with one attached hydrogen (secondary N) is 1. The van der Waals surface area contributed by atoms with E-state index in [-0.39, 0.29) is 12.3 Å². The second-order valence-corrected chi connectivity index (χ2v) is 3.94. The topological polar surface area (TPSA) is 77.1 Å². The number of hydrogen-bond acceptors (Lipinski definition) is 5. The molecule has 1 heterocycles. The number of nitrogens with zero attached hydrogens (tertiary/aromatic N) is 2. The Labute approximate surface area is 114 Å². The molecule has 0 amide bonds. The van der Waals surface area contributed by atoms with E-state index in [1.807, 2.05) is 0 Å². The molecule has 0 saturated carbocycles. The van der Waals surface area contributed by atoms with Gasteiger partial charge in [0.15, 0.2) is 5.69 Å². The number of aromatic nitrogens is 3. The van der Waals surface area contributed by atoms with Gasteiger partial charge in [-0.25, -0.2) is 4.79 Å². The third-order valence-electron chi connectivity index (χ3n) is 2.46. The number of H-pyrrole nitrogens is 1. The second kappa shape index (κ2) is 5.71. The Kier molecular flexibility index (Phi) is 4.01. The van der Waals surface area contributed by atoms with Crippen LogP contribution in [0, 0.1) is 0 Å². The monoisotopic (exact) mass is 281 g/mol. The van der Waals surface area contributed by atoms with E-state index < -0.39 is 5.97 Å². The standard InChI is InChI=1S/C12H12ClN3O3/c1-3-19-12(17)11-10(14-16-15-11)7-5-4-6-8(18-2)9(7)13/h4-6H,3H2,1-2H3,(H,14,15,16). The van der Waals surface area contributed by atoms with Gasteiger partial charge in [-0.2, -0.15) is 10.3 Å². The molecule has 19 heavy (non-hydrogen) atoms. The molecule has 0 saturated heterocycles. The highest BCUT2D eigenvalue weighted by Gasteiger charge is 2.21. The molecule has 0 radical (unpaired) electrons. The molecular weight excluding hydrogens is 270 g/mol. The smallest absolute Gasteiger partial charge is 0.361 e. The number of halogens is 1. The van der Waals surface area contributed by atoms with Crippen LogP contribution in [0.5, 0.6) is 5.75 Å². The second-order valence-electron chi connectivity index (χ2n) is 3.56. The quantitative estimate of drug-likeness (QED) is 0.870. The van der Waals surface area contributed by atoms with Gasteiger partial charge in [0.05, 0.1) is 18.7 Å². The molecule has 0 atom stereocenters. The Morgan fingerprint density at radius 3 is 2.89 bits per heavy atom. The molecule has 0 unspecified atom stereocenters. The van der Waals surface area contributed by atoms with Crippen LogP contribution in [0.15, 0.2) is 18.2 Å². The van der Waals surface area contributed by atoms with Crippen LogP contribution < -0.4 is 4.74 Å². The fourth-order valence-corrected chi connectivity index (χ4v) is 1.90. The summed E-state index contributed by atoms with van der Waals surface area (Å²) < 4.78 is 10.0. The SMILES string of the molecule is CCOC(=O)c1n[nH]nc1-c1cccc(OC)c1Cl. The first-order chi connectivity index (χ1) is 9.19. The fourth-order valence-electron chi connectivity index (χ4n) is 1.61. The zero-order chi connectivity index (χ0) is 13.8. The van der Waals surface area contributed by atoms with Crippen molar-refractivity contribution in [1.82, 2.24) is 15.4 Å². The summed E-state index contributed by atoms with van der Waals surface area (Å²) in [5, 5.41) is 10.5. The molecule has 100 valence electrons. The Balaban J connectivity index is 2.49. The minimum Gasteiger partial charge on any atom is -0.495 e. The van der Waals surface area contributed by atoms with Gasteiger partial charge in [0.2, 0.25) is 0 Å². The van der Waals surface area contributed by atoms with Crippen LogP contribution >= 0.6 is 11.6 Å². The Morgan fingerprint density at radius 1 is 1.42 bits per heavy atom. The van der Waals surface area contributed by atoms with Crippen molar-refractivity contribution in [2.45, 2.75) is 6.92 Å². The first-order valence-electron chi connectivity index (χ1n) is 5.59. The van der Waals surface area contributed by atoms with E-state index in [4.69, 9.17) is 21.1 Å². The number of methoxy groups -OCH3 is 1. The van der Waals surface area contributed by atoms with Crippen molar-refractivity contribution in [3.05, 3.63) is 28.9 Å². The zero-order valence-electron chi connectivity index (χ0n) is 10.4. The first kappa shape index (κ1) is 13.4. The summed E-state index contributed by atoms with van der Waals surface area (Å²) in [7, 11) is 1.51. The Hall–Kier alpha value is -2.08. The maximum atomic E-state index is 11.7. The van der Waals surface area contributed by atoms with Crippen LogP contribution in [0.4, 0.5) is 0 Å². The van der Waals surface area contributed by atoms with Crippen molar-refractivity contribution in [2.75, 3.05) is 13.7 Å². The summed E-state index contributed by atoms with van der Waals surface area (Å²) in [6, 6.07) is 5.20. The van der Waals surface area contributed by atoms with Crippen LogP contribution in [-0.2, 0) is 4.74 Å². The number of carbonyl (C=O) groups is 1. The molecule has 1 aromatic heterocycles. The molecule has 2 rings (SSSR count). The van der Waals surface area contributed by atoms with Gasteiger partial charge in [-0.3, -0.25) is 0 Å². The molecule has 2 aromatic rings. The zero-order valence-corrected chi connectivity index (χ0v) is 11.2. The van der Waals surface area contributed by atoms with Gasteiger partial charge >= 0.3 is 5.97 Å². The normalized spacial score (nSPS) is 10.3. The van der Waals surface area contributed by atoms with Gasteiger partial charge in [-0.15, -0.1) is 5.10 Å². The lowest BCUT2D eigenvalue weighted by atomic mass is 10.1. The van der Waals surface area contributed by atoms with Crippen LogP contribution in [0.1, 0.15) is 17.4 Å². The van der Waals surface area contributed by atoms with Gasteiger partial charge in [0.25, 0.3) is 0 Å². The van der Waals surface area contributed by atoms with E-state index in [0.717, 1.165) is 0 Å². The molecule has 0 aliphatic rings. The Morgan fingerprint density at radius 2 is 2.21 bits per heavy atom. The summed E-state index contributed by atoms with van der Waals surface area (Å²) in [4.78, 5) is 11.7. The number of ether oxygens (including phenoxy) is 2. The maximum Gasteiger partial charge on any atom is 0.361 e. The molecule has 6 nitrogen and oxygen atoms in total. The Bertz CT molecular complexity index is 598. The summed E-state index contributed by atoms with van der Waals surface area (Å²) >= 11 is 6.20. The third kappa shape index (κ3) is 2.53. The molecule has 0 aliphatic heterocycles. The van der Waals surface area contributed by atoms with Gasteiger partial charge in [0.1, 0.15) is 11.4 Å². The van der Waals surface area contributed by atoms with Crippen LogP contribution in [0.2, 0.25) is 5.02 Å². The summed E-state index contributed by atoms with van der Waals surface area (Å²) in [6.45, 7) is 1.98. The van der Waals surface area contributed by atoms with Crippen LogP contribution in [0.25, 0.3) is 11.3 Å². The van der Waals surface area contributed by atoms with Crippen molar-refractivity contribution in [3.63, 3.8) is 0 Å². The molecule has 7 heteroatoms. The molecule has 0 bridgehead atoms. The number of rotatable bonds is 4. The van der Waals surface area contributed by atoms with Crippen molar-refractivity contribution in [2.24, 2.45) is 0 Å². The number of esters is 1. The summed E-state index contributed by atoms with van der Waals surface area (Å²) in [5.41, 5.74) is 0.983. The van der Waals surface area contributed by atoms with Crippen LogP contribution in [0.3, 0.4) is 0 Å². The van der Waals surface area contributed by atoms with Crippen molar-refractivity contribution in [1.29, 1.82) is 0 Å². The van der Waals surface area contributed by atoms with Crippen molar-refractivity contribution >= 4 is 17.6 Å². The lowest BCUT2D eigenvalue weighted by Crippen LogP contribution is -2.07. The van der Waals surface area contributed by atoms with E-state index in [9.17, 15) is 4.79 Å². The van der Waals surface area contributed by atoms with E-state index >= 15 is 0 Å². The molecule has 0 fully saturated rings. The predicted octanol–water partition coefficient (Wildman–Crippen LogP) is 2.31. The van der Waals surface area contributed by atoms with E-state index in [0.29, 0.717) is 22.0 Å². The van der Waals surface area contributed by atoms with Gasteiger partial charge < -0.3 is 9.47 Å². The van der Waals surface area contributed by atoms with Gasteiger partial charge in [0, 0.05) is 5.56 Å². The largest absolute Gasteiger partial charge is 0.495 e. The minimum atomic E-state index is -0.551. The number of aromatic amines is 1. The maximum absolute atomic E-state index is 11.7. The first-order valence-corrected chi connectivity index (χ1v) is 5.97. The summed E-state index contributed by atoms with van der Waals surface area (Å²) in [5.74, 6) is -0.0536. The minimum absolute atomic E-state index is 0.0944. The highest BCUT2D eigenvalue weighted by atomic mass is 35.5. The van der Waals surface area contributed by atoms with Crippen molar-refractivity contribution in [3.8, 4) is 17.0 Å². The lowest BCUT2D eigenvalue weighted by Gasteiger charge is -2.07. The highest BCUT2D eigenvalue weighted by molar-refractivity contribution is 6.34. The number of carbonyl (C=O) groups excluding carboxylic acids is 1. The van der Waals surface area contributed by atoms with Gasteiger partial charge in [-0.1, -0.05) is 23.7 Å². The molecule has 0 aliphatic carbocycles. The molecule has 1 aromatic carbocycles. The van der Waals surface area contributed by atoms with E-state index in [1.165, 1.54) is 7.11 Å². The van der Waals surface area contributed by atoms with Crippen molar-refractivity contribution < 1.29 is 14.3 Å². The average Bonchev–Trinajstić information content (AvgIpc) is 2.88. The molecular formula is C12H12ClN3O3. The summed E-state index contributed by atoms with van der Waals surface area (Å²) in [6.07, 6.45) is 0. The van der Waals surface area contributed by atoms with E-state index in [1.54, 1.807) is 25.1 Å². The lowest BCUT2D eigenvalue weighted by molar-refractivity contribution is 0.0520. The van der Waals surface area contributed by atoms with E-state index in [2.05, 4.69) is 15.4 Å². The molecule has 0 spiro atoms. The van der Waals surface area contributed by atoms with Gasteiger partial charge in [-0.05, 0) is 13.0 Å². The number of benzene rings is 1. The third-order valence-corrected chi connectivity index (χ3v) is 2.84. The number of hydrogen-bond donors (Lipinski definition) is 1. The highest BCUT2D eigenvalue weighted by Crippen LogP contribution is 2.35. The molecule has 1 N–H and O–H groups in total. The predicted molar refractivity (Wildman–Crippen MR) is 69.3 cm³/mol. The fraction of sp³-hybridized carbons (Fsp3) is 0.250. The van der Waals surface area contributed by atoms with Crippen LogP contribution in [-0.4, -0.2) is 35.1 Å².